The van der Waals surface area contributed by atoms with Gasteiger partial charge in [0.1, 0.15) is 6.04 Å². The normalized spacial score (nSPS) is 18.7. The SMILES string of the molecule is N#C[C@H](CC1CCCCC1)NC(=O)[C@@H](N)Cc1cccs1. The van der Waals surface area contributed by atoms with Gasteiger partial charge in [0, 0.05) is 11.3 Å². The highest BCUT2D eigenvalue weighted by molar-refractivity contribution is 7.09. The van der Waals surface area contributed by atoms with Crippen LogP contribution in [-0.4, -0.2) is 18.0 Å². The first-order chi connectivity index (χ1) is 10.2. The third-order valence-electron chi connectivity index (χ3n) is 4.10. The van der Waals surface area contributed by atoms with E-state index < -0.39 is 12.1 Å². The van der Waals surface area contributed by atoms with Gasteiger partial charge in [-0.1, -0.05) is 38.2 Å². The lowest BCUT2D eigenvalue weighted by Gasteiger charge is -2.24. The number of hydrogen-bond donors (Lipinski definition) is 2. The van der Waals surface area contributed by atoms with Crippen LogP contribution >= 0.6 is 11.3 Å². The van der Waals surface area contributed by atoms with Gasteiger partial charge in [-0.25, -0.2) is 0 Å². The number of nitrogens with zero attached hydrogens (tertiary/aromatic N) is 1. The molecule has 0 aromatic carbocycles. The zero-order valence-electron chi connectivity index (χ0n) is 12.3. The minimum atomic E-state index is -0.578. The van der Waals surface area contributed by atoms with Gasteiger partial charge in [-0.05, 0) is 23.8 Å². The fraction of sp³-hybridized carbons (Fsp3) is 0.625. The molecule has 1 amide bonds. The maximum absolute atomic E-state index is 12.1. The molecule has 1 heterocycles. The van der Waals surface area contributed by atoms with Crippen molar-refractivity contribution in [1.82, 2.24) is 5.32 Å². The number of thiophene rings is 1. The molecule has 1 aromatic rings. The van der Waals surface area contributed by atoms with E-state index >= 15 is 0 Å². The molecule has 1 aliphatic rings. The second kappa shape index (κ2) is 8.16. The number of amides is 1. The number of nitrogens with one attached hydrogen (secondary N) is 1. The Hall–Kier alpha value is -1.38. The Bertz CT molecular complexity index is 474. The minimum Gasteiger partial charge on any atom is -0.339 e. The molecule has 3 N–H and O–H groups in total. The summed E-state index contributed by atoms with van der Waals surface area (Å²) in [6.45, 7) is 0. The molecule has 0 aliphatic heterocycles. The summed E-state index contributed by atoms with van der Waals surface area (Å²) < 4.78 is 0. The van der Waals surface area contributed by atoms with Crippen molar-refractivity contribution in [2.45, 2.75) is 57.0 Å². The summed E-state index contributed by atoms with van der Waals surface area (Å²) >= 11 is 1.60. The molecule has 114 valence electrons. The largest absolute Gasteiger partial charge is 0.339 e. The molecule has 1 saturated carbocycles. The van der Waals surface area contributed by atoms with E-state index in [0.29, 0.717) is 12.3 Å². The molecule has 1 aromatic heterocycles. The highest BCUT2D eigenvalue weighted by atomic mass is 32.1. The molecule has 0 spiro atoms. The van der Waals surface area contributed by atoms with Gasteiger partial charge in [-0.3, -0.25) is 4.79 Å². The molecule has 0 radical (unpaired) electrons. The lowest BCUT2D eigenvalue weighted by Crippen LogP contribution is -2.46. The molecule has 21 heavy (non-hydrogen) atoms. The first kappa shape index (κ1) is 16.0. The average molecular weight is 305 g/mol. The molecule has 1 aliphatic carbocycles. The van der Waals surface area contributed by atoms with Gasteiger partial charge in [-0.2, -0.15) is 5.26 Å². The average Bonchev–Trinajstić information content (AvgIpc) is 3.00. The molecular formula is C16H23N3OS. The highest BCUT2D eigenvalue weighted by Gasteiger charge is 2.22. The number of carbonyl (C=O) groups excluding carboxylic acids is 1. The Morgan fingerprint density at radius 2 is 2.24 bits per heavy atom. The van der Waals surface area contributed by atoms with Crippen LogP contribution in [-0.2, 0) is 11.2 Å². The Morgan fingerprint density at radius 1 is 1.48 bits per heavy atom. The van der Waals surface area contributed by atoms with Crippen LogP contribution in [0.15, 0.2) is 17.5 Å². The van der Waals surface area contributed by atoms with E-state index in [1.54, 1.807) is 11.3 Å². The van der Waals surface area contributed by atoms with Crippen molar-refractivity contribution in [2.24, 2.45) is 11.7 Å². The van der Waals surface area contributed by atoms with Crippen molar-refractivity contribution in [1.29, 1.82) is 5.26 Å². The summed E-state index contributed by atoms with van der Waals surface area (Å²) in [6.07, 6.45) is 7.43. The van der Waals surface area contributed by atoms with Gasteiger partial charge < -0.3 is 11.1 Å². The minimum absolute atomic E-state index is 0.217. The summed E-state index contributed by atoms with van der Waals surface area (Å²) in [4.78, 5) is 13.2. The molecule has 2 atom stereocenters. The molecular weight excluding hydrogens is 282 g/mol. The number of nitriles is 1. The topological polar surface area (TPSA) is 78.9 Å². The molecule has 0 unspecified atom stereocenters. The quantitative estimate of drug-likeness (QED) is 0.848. The standard InChI is InChI=1S/C16H23N3OS/c17-11-13(9-12-5-2-1-3-6-12)19-16(20)15(18)10-14-7-4-8-21-14/h4,7-8,12-13,15H,1-3,5-6,9-10,18H2,(H,19,20)/t13-,15-/m0/s1. The third-order valence-corrected chi connectivity index (χ3v) is 5.00. The lowest BCUT2D eigenvalue weighted by atomic mass is 9.85. The van der Waals surface area contributed by atoms with E-state index in [2.05, 4.69) is 11.4 Å². The van der Waals surface area contributed by atoms with Crippen LogP contribution in [0.1, 0.15) is 43.4 Å². The van der Waals surface area contributed by atoms with Crippen LogP contribution in [0.25, 0.3) is 0 Å². The van der Waals surface area contributed by atoms with E-state index in [9.17, 15) is 10.1 Å². The Kier molecular flexibility index (Phi) is 6.21. The predicted molar refractivity (Wildman–Crippen MR) is 84.7 cm³/mol. The Balaban J connectivity index is 1.79. The predicted octanol–water partition coefficient (Wildman–Crippen LogP) is 2.60. The van der Waals surface area contributed by atoms with E-state index in [1.807, 2.05) is 17.5 Å². The summed E-state index contributed by atoms with van der Waals surface area (Å²) in [5.41, 5.74) is 5.93. The maximum Gasteiger partial charge on any atom is 0.238 e. The second-order valence-electron chi connectivity index (χ2n) is 5.82. The van der Waals surface area contributed by atoms with E-state index in [4.69, 9.17) is 5.73 Å². The summed E-state index contributed by atoms with van der Waals surface area (Å²) in [5, 5.41) is 14.0. The van der Waals surface area contributed by atoms with Gasteiger partial charge in [0.2, 0.25) is 5.91 Å². The molecule has 1 fully saturated rings. The van der Waals surface area contributed by atoms with E-state index in [1.165, 1.54) is 32.1 Å². The fourth-order valence-electron chi connectivity index (χ4n) is 2.92. The third kappa shape index (κ3) is 5.14. The van der Waals surface area contributed by atoms with Gasteiger partial charge >= 0.3 is 0 Å². The number of nitrogens with two attached hydrogens (primary N) is 1. The summed E-state index contributed by atoms with van der Waals surface area (Å²) in [5.74, 6) is 0.350. The highest BCUT2D eigenvalue weighted by Crippen LogP contribution is 2.27. The number of rotatable bonds is 6. The smallest absolute Gasteiger partial charge is 0.238 e. The van der Waals surface area contributed by atoms with Crippen molar-refractivity contribution in [3.8, 4) is 6.07 Å². The zero-order chi connectivity index (χ0) is 15.1. The second-order valence-corrected chi connectivity index (χ2v) is 6.85. The van der Waals surface area contributed by atoms with Crippen molar-refractivity contribution >= 4 is 17.2 Å². The van der Waals surface area contributed by atoms with Crippen molar-refractivity contribution in [3.63, 3.8) is 0 Å². The molecule has 0 saturated heterocycles. The van der Waals surface area contributed by atoms with E-state index in [-0.39, 0.29) is 5.91 Å². The van der Waals surface area contributed by atoms with Gasteiger partial charge in [0.25, 0.3) is 0 Å². The molecule has 5 heteroatoms. The van der Waals surface area contributed by atoms with Crippen molar-refractivity contribution in [3.05, 3.63) is 22.4 Å². The van der Waals surface area contributed by atoms with Crippen LogP contribution in [0.2, 0.25) is 0 Å². The van der Waals surface area contributed by atoms with Crippen LogP contribution in [0.4, 0.5) is 0 Å². The monoisotopic (exact) mass is 305 g/mol. The van der Waals surface area contributed by atoms with Gasteiger partial charge in [0.05, 0.1) is 12.1 Å². The summed E-state index contributed by atoms with van der Waals surface area (Å²) in [7, 11) is 0. The Labute approximate surface area is 130 Å². The fourth-order valence-corrected chi connectivity index (χ4v) is 3.68. The number of carbonyl (C=O) groups is 1. The van der Waals surface area contributed by atoms with Crippen molar-refractivity contribution in [2.75, 3.05) is 0 Å². The molecule has 0 bridgehead atoms. The number of hydrogen-bond acceptors (Lipinski definition) is 4. The van der Waals surface area contributed by atoms with Crippen LogP contribution in [0.3, 0.4) is 0 Å². The Morgan fingerprint density at radius 3 is 2.86 bits per heavy atom. The molecule has 4 nitrogen and oxygen atoms in total. The van der Waals surface area contributed by atoms with Crippen LogP contribution in [0, 0.1) is 17.2 Å². The summed E-state index contributed by atoms with van der Waals surface area (Å²) in [6, 6.07) is 5.15. The lowest BCUT2D eigenvalue weighted by molar-refractivity contribution is -0.122. The van der Waals surface area contributed by atoms with Gasteiger partial charge in [0.15, 0.2) is 0 Å². The first-order valence-electron chi connectivity index (χ1n) is 7.67. The van der Waals surface area contributed by atoms with E-state index in [0.717, 1.165) is 11.3 Å². The first-order valence-corrected chi connectivity index (χ1v) is 8.55. The zero-order valence-corrected chi connectivity index (χ0v) is 13.1. The molecule has 2 rings (SSSR count). The van der Waals surface area contributed by atoms with Crippen LogP contribution < -0.4 is 11.1 Å². The van der Waals surface area contributed by atoms with Gasteiger partial charge in [-0.15, -0.1) is 11.3 Å². The van der Waals surface area contributed by atoms with Crippen molar-refractivity contribution < 1.29 is 4.79 Å². The van der Waals surface area contributed by atoms with Crippen LogP contribution in [0.5, 0.6) is 0 Å². The maximum atomic E-state index is 12.1.